The van der Waals surface area contributed by atoms with Crippen LogP contribution in [0.15, 0.2) is 0 Å². The summed E-state index contributed by atoms with van der Waals surface area (Å²) in [4.78, 5) is 4.94. The van der Waals surface area contributed by atoms with Gasteiger partial charge in [0.15, 0.2) is 0 Å². The number of nitrogens with zero attached hydrogens (tertiary/aromatic N) is 3. The Morgan fingerprint density at radius 1 is 1.38 bits per heavy atom. The van der Waals surface area contributed by atoms with Crippen LogP contribution in [0.4, 0.5) is 0 Å². The first-order valence-electron chi connectivity index (χ1n) is 8.56. The summed E-state index contributed by atoms with van der Waals surface area (Å²) < 4.78 is 0. The van der Waals surface area contributed by atoms with Gasteiger partial charge in [-0.3, -0.25) is 10.2 Å². The van der Waals surface area contributed by atoms with Crippen molar-refractivity contribution >= 4 is 0 Å². The van der Waals surface area contributed by atoms with Crippen LogP contribution in [0.5, 0.6) is 0 Å². The van der Waals surface area contributed by atoms with Crippen molar-refractivity contribution in [1.29, 1.82) is 5.26 Å². The molecule has 1 fully saturated rings. The molecule has 2 unspecified atom stereocenters. The minimum Gasteiger partial charge on any atom is -0.308 e. The van der Waals surface area contributed by atoms with E-state index in [9.17, 15) is 5.26 Å². The van der Waals surface area contributed by atoms with Gasteiger partial charge in [0.1, 0.15) is 5.54 Å². The summed E-state index contributed by atoms with van der Waals surface area (Å²) in [5.41, 5.74) is -0.343. The molecule has 4 heteroatoms. The first kappa shape index (κ1) is 18.4. The normalized spacial score (nSPS) is 22.4. The lowest BCUT2D eigenvalue weighted by atomic mass is 9.96. The summed E-state index contributed by atoms with van der Waals surface area (Å²) in [6.07, 6.45) is 7.05. The highest BCUT2D eigenvalue weighted by atomic mass is 15.2. The predicted molar refractivity (Wildman–Crippen MR) is 89.3 cm³/mol. The van der Waals surface area contributed by atoms with E-state index in [2.05, 4.69) is 42.2 Å². The summed E-state index contributed by atoms with van der Waals surface area (Å²) in [6.45, 7) is 8.72. The average molecular weight is 294 g/mol. The van der Waals surface area contributed by atoms with Crippen LogP contribution in [-0.4, -0.2) is 61.7 Å². The number of nitrogens with one attached hydrogen (secondary N) is 1. The van der Waals surface area contributed by atoms with Crippen molar-refractivity contribution in [1.82, 2.24) is 15.1 Å². The molecule has 2 atom stereocenters. The Hall–Kier alpha value is -0.630. The Kier molecular flexibility index (Phi) is 8.24. The maximum Gasteiger partial charge on any atom is 0.103 e. The van der Waals surface area contributed by atoms with Gasteiger partial charge in [-0.05, 0) is 79.2 Å². The molecule has 0 aromatic carbocycles. The zero-order valence-electron chi connectivity index (χ0n) is 14.5. The molecule has 1 rings (SSSR count). The molecule has 4 nitrogen and oxygen atoms in total. The molecule has 1 N–H and O–H groups in total. The molecule has 1 aliphatic rings. The zero-order chi connectivity index (χ0) is 15.7. The molecule has 0 saturated carbocycles. The lowest BCUT2D eigenvalue weighted by molar-refractivity contribution is 0.203. The zero-order valence-corrected chi connectivity index (χ0v) is 14.5. The molecule has 21 heavy (non-hydrogen) atoms. The Morgan fingerprint density at radius 3 is 2.76 bits per heavy atom. The molecule has 0 spiro atoms. The largest absolute Gasteiger partial charge is 0.308 e. The number of nitriles is 1. The Labute approximate surface area is 131 Å². The molecule has 0 amide bonds. The van der Waals surface area contributed by atoms with Crippen LogP contribution in [-0.2, 0) is 0 Å². The fourth-order valence-electron chi connectivity index (χ4n) is 3.20. The highest BCUT2D eigenvalue weighted by Crippen LogP contribution is 2.19. The molecule has 1 heterocycles. The summed E-state index contributed by atoms with van der Waals surface area (Å²) in [6, 6.07) is 3.18. The van der Waals surface area contributed by atoms with E-state index in [1.165, 1.54) is 38.9 Å². The van der Waals surface area contributed by atoms with E-state index >= 15 is 0 Å². The molecule has 1 aliphatic heterocycles. The molecule has 0 aromatic rings. The third-order valence-corrected chi connectivity index (χ3v) is 4.46. The van der Waals surface area contributed by atoms with E-state index in [1.54, 1.807) is 0 Å². The van der Waals surface area contributed by atoms with E-state index in [4.69, 9.17) is 0 Å². The Bertz CT molecular complexity index is 323. The second kappa shape index (κ2) is 9.40. The Morgan fingerprint density at radius 2 is 2.14 bits per heavy atom. The topological polar surface area (TPSA) is 42.3 Å². The van der Waals surface area contributed by atoms with Crippen LogP contribution in [0, 0.1) is 11.3 Å². The minimum atomic E-state index is -0.343. The van der Waals surface area contributed by atoms with Crippen LogP contribution in [0.1, 0.15) is 52.4 Å². The van der Waals surface area contributed by atoms with Gasteiger partial charge < -0.3 is 4.90 Å². The van der Waals surface area contributed by atoms with Gasteiger partial charge in [-0.1, -0.05) is 6.92 Å². The highest BCUT2D eigenvalue weighted by molar-refractivity contribution is 5.03. The summed E-state index contributed by atoms with van der Waals surface area (Å²) in [5.74, 6) is 0. The second-order valence-electron chi connectivity index (χ2n) is 6.92. The number of likely N-dealkylation sites (N-methyl/N-ethyl adjacent to an activating group) is 1. The van der Waals surface area contributed by atoms with Gasteiger partial charge in [-0.2, -0.15) is 5.26 Å². The SMILES string of the molecule is CCCNC(C)(C#N)CCCCN1CCCC1CN(C)C. The van der Waals surface area contributed by atoms with Crippen molar-refractivity contribution in [3.8, 4) is 6.07 Å². The van der Waals surface area contributed by atoms with Gasteiger partial charge >= 0.3 is 0 Å². The maximum absolute atomic E-state index is 9.34. The summed E-state index contributed by atoms with van der Waals surface area (Å²) >= 11 is 0. The van der Waals surface area contributed by atoms with Crippen LogP contribution < -0.4 is 5.32 Å². The highest BCUT2D eigenvalue weighted by Gasteiger charge is 2.25. The number of rotatable bonds is 10. The number of unbranched alkanes of at least 4 members (excludes halogenated alkanes) is 1. The van der Waals surface area contributed by atoms with E-state index < -0.39 is 0 Å². The molecule has 1 saturated heterocycles. The number of hydrogen-bond acceptors (Lipinski definition) is 4. The van der Waals surface area contributed by atoms with Crippen molar-refractivity contribution in [2.75, 3.05) is 40.3 Å². The van der Waals surface area contributed by atoms with E-state index in [0.717, 1.165) is 31.8 Å². The number of hydrogen-bond donors (Lipinski definition) is 1. The summed E-state index contributed by atoms with van der Waals surface area (Å²) in [5, 5.41) is 12.7. The lowest BCUT2D eigenvalue weighted by Gasteiger charge is -2.28. The lowest BCUT2D eigenvalue weighted by Crippen LogP contribution is -2.41. The molecular formula is C17H34N4. The van der Waals surface area contributed by atoms with Crippen molar-refractivity contribution in [3.05, 3.63) is 0 Å². The van der Waals surface area contributed by atoms with Gasteiger partial charge in [0.05, 0.1) is 6.07 Å². The predicted octanol–water partition coefficient (Wildman–Crippen LogP) is 2.46. The Balaban J connectivity index is 2.25. The third-order valence-electron chi connectivity index (χ3n) is 4.46. The standard InChI is InChI=1S/C17H34N4/c1-5-11-19-17(2,15-18)10-6-7-12-21-13-8-9-16(21)14-20(3)4/h16,19H,5-14H2,1-4H3. The maximum atomic E-state index is 9.34. The van der Waals surface area contributed by atoms with Crippen molar-refractivity contribution in [3.63, 3.8) is 0 Å². The average Bonchev–Trinajstić information content (AvgIpc) is 2.88. The molecule has 122 valence electrons. The number of likely N-dealkylation sites (tertiary alicyclic amines) is 1. The molecule has 0 aliphatic carbocycles. The minimum absolute atomic E-state index is 0.343. The monoisotopic (exact) mass is 294 g/mol. The van der Waals surface area contributed by atoms with E-state index in [-0.39, 0.29) is 5.54 Å². The van der Waals surface area contributed by atoms with Gasteiger partial charge in [-0.25, -0.2) is 0 Å². The molecular weight excluding hydrogens is 260 g/mol. The molecule has 0 radical (unpaired) electrons. The van der Waals surface area contributed by atoms with Gasteiger partial charge in [0.25, 0.3) is 0 Å². The second-order valence-corrected chi connectivity index (χ2v) is 6.92. The van der Waals surface area contributed by atoms with Crippen molar-refractivity contribution in [2.45, 2.75) is 64.0 Å². The fourth-order valence-corrected chi connectivity index (χ4v) is 3.20. The van der Waals surface area contributed by atoms with Crippen LogP contribution in [0.2, 0.25) is 0 Å². The fraction of sp³-hybridized carbons (Fsp3) is 0.941. The quantitative estimate of drug-likeness (QED) is 0.629. The smallest absolute Gasteiger partial charge is 0.103 e. The van der Waals surface area contributed by atoms with Gasteiger partial charge in [-0.15, -0.1) is 0 Å². The van der Waals surface area contributed by atoms with E-state index in [0.29, 0.717) is 0 Å². The molecule has 0 bridgehead atoms. The van der Waals surface area contributed by atoms with Crippen LogP contribution >= 0.6 is 0 Å². The molecule has 0 aromatic heterocycles. The van der Waals surface area contributed by atoms with Gasteiger partial charge in [0, 0.05) is 12.6 Å². The van der Waals surface area contributed by atoms with Crippen LogP contribution in [0.3, 0.4) is 0 Å². The third kappa shape index (κ3) is 6.78. The van der Waals surface area contributed by atoms with Crippen molar-refractivity contribution in [2.24, 2.45) is 0 Å². The van der Waals surface area contributed by atoms with Crippen LogP contribution in [0.25, 0.3) is 0 Å². The van der Waals surface area contributed by atoms with Crippen molar-refractivity contribution < 1.29 is 0 Å². The van der Waals surface area contributed by atoms with Gasteiger partial charge in [0.2, 0.25) is 0 Å². The van der Waals surface area contributed by atoms with E-state index in [1.807, 2.05) is 6.92 Å². The summed E-state index contributed by atoms with van der Waals surface area (Å²) in [7, 11) is 4.32. The first-order chi connectivity index (χ1) is 10.0. The first-order valence-corrected chi connectivity index (χ1v) is 8.56.